The maximum Gasteiger partial charge on any atom is 0.180 e. The third-order valence-electron chi connectivity index (χ3n) is 2.16. The third-order valence-corrected chi connectivity index (χ3v) is 2.16. The Labute approximate surface area is 87.8 Å². The first-order chi connectivity index (χ1) is 7.28. The summed E-state index contributed by atoms with van der Waals surface area (Å²) in [7, 11) is 0. The molecule has 2 aromatic rings. The summed E-state index contributed by atoms with van der Waals surface area (Å²) < 4.78 is 5.15. The van der Waals surface area contributed by atoms with Gasteiger partial charge in [0, 0.05) is 12.0 Å². The zero-order valence-electron chi connectivity index (χ0n) is 8.43. The van der Waals surface area contributed by atoms with Crippen molar-refractivity contribution in [2.75, 3.05) is 0 Å². The fourth-order valence-electron chi connectivity index (χ4n) is 1.60. The summed E-state index contributed by atoms with van der Waals surface area (Å²) in [6.07, 6.45) is 4.62. The van der Waals surface area contributed by atoms with Crippen molar-refractivity contribution in [3.05, 3.63) is 53.2 Å². The molecule has 2 rings (SSSR count). The van der Waals surface area contributed by atoms with Gasteiger partial charge in [0.15, 0.2) is 6.39 Å². The average molecular weight is 201 g/mol. The zero-order valence-corrected chi connectivity index (χ0v) is 8.43. The van der Waals surface area contributed by atoms with Crippen molar-refractivity contribution in [1.29, 1.82) is 0 Å². The Morgan fingerprint density at radius 1 is 1.40 bits per heavy atom. The van der Waals surface area contributed by atoms with E-state index >= 15 is 0 Å². The van der Waals surface area contributed by atoms with Crippen molar-refractivity contribution in [3.63, 3.8) is 0 Å². The molecule has 1 aromatic carbocycles. The molecule has 0 spiro atoms. The lowest BCUT2D eigenvalue weighted by Gasteiger charge is -2.01. The number of hydrogen-bond donors (Lipinski definition) is 0. The second kappa shape index (κ2) is 4.09. The van der Waals surface area contributed by atoms with E-state index in [2.05, 4.69) is 4.98 Å². The highest BCUT2D eigenvalue weighted by Crippen LogP contribution is 2.12. The molecule has 15 heavy (non-hydrogen) atoms. The Hall–Kier alpha value is -1.90. The Balaban J connectivity index is 2.28. The number of oxazole rings is 1. The summed E-state index contributed by atoms with van der Waals surface area (Å²) >= 11 is 0. The minimum atomic E-state index is 0.669. The van der Waals surface area contributed by atoms with E-state index in [1.165, 1.54) is 6.39 Å². The predicted octanol–water partition coefficient (Wildman–Crippen LogP) is 2.39. The second-order valence-corrected chi connectivity index (χ2v) is 3.51. The van der Waals surface area contributed by atoms with Crippen LogP contribution in [0, 0.1) is 6.92 Å². The normalized spacial score (nSPS) is 10.2. The molecule has 3 nitrogen and oxygen atoms in total. The molecular weight excluding hydrogens is 190 g/mol. The molecule has 0 amide bonds. The highest BCUT2D eigenvalue weighted by atomic mass is 16.3. The molecule has 0 bridgehead atoms. The lowest BCUT2D eigenvalue weighted by atomic mass is 10.0. The van der Waals surface area contributed by atoms with Crippen molar-refractivity contribution in [3.8, 4) is 0 Å². The summed E-state index contributed by atoms with van der Waals surface area (Å²) in [6, 6.07) is 5.76. The molecule has 0 aliphatic carbocycles. The highest BCUT2D eigenvalue weighted by Gasteiger charge is 2.02. The number of benzene rings is 1. The standard InChI is InChI=1S/C12H11NO2/c1-9-2-10(4-11(3-9)7-14)5-12-6-13-8-15-12/h2-4,6-8H,5H2,1H3. The van der Waals surface area contributed by atoms with Crippen molar-refractivity contribution >= 4 is 6.29 Å². The van der Waals surface area contributed by atoms with Crippen LogP contribution in [0.2, 0.25) is 0 Å². The summed E-state index contributed by atoms with van der Waals surface area (Å²) in [6.45, 7) is 1.97. The molecule has 1 aromatic heterocycles. The minimum Gasteiger partial charge on any atom is -0.448 e. The van der Waals surface area contributed by atoms with E-state index < -0.39 is 0 Å². The van der Waals surface area contributed by atoms with Gasteiger partial charge in [-0.1, -0.05) is 11.6 Å². The minimum absolute atomic E-state index is 0.669. The van der Waals surface area contributed by atoms with Gasteiger partial charge in [0.1, 0.15) is 12.0 Å². The first-order valence-corrected chi connectivity index (χ1v) is 4.71. The van der Waals surface area contributed by atoms with Gasteiger partial charge in [-0.3, -0.25) is 4.79 Å². The van der Waals surface area contributed by atoms with Gasteiger partial charge in [-0.15, -0.1) is 0 Å². The van der Waals surface area contributed by atoms with Gasteiger partial charge in [0.25, 0.3) is 0 Å². The molecule has 3 heteroatoms. The topological polar surface area (TPSA) is 43.1 Å². The number of carbonyl (C=O) groups excluding carboxylic acids is 1. The van der Waals surface area contributed by atoms with Crippen molar-refractivity contribution in [2.45, 2.75) is 13.3 Å². The van der Waals surface area contributed by atoms with E-state index in [0.29, 0.717) is 12.0 Å². The Bertz CT molecular complexity index is 460. The lowest BCUT2D eigenvalue weighted by Crippen LogP contribution is -1.90. The number of nitrogens with zero attached hydrogens (tertiary/aromatic N) is 1. The Kier molecular flexibility index (Phi) is 2.63. The van der Waals surface area contributed by atoms with Crippen molar-refractivity contribution in [1.82, 2.24) is 4.98 Å². The SMILES string of the molecule is Cc1cc(C=O)cc(Cc2cnco2)c1. The summed E-state index contributed by atoms with van der Waals surface area (Å²) in [5.74, 6) is 0.803. The number of rotatable bonds is 3. The third kappa shape index (κ3) is 2.31. The first kappa shape index (κ1) is 9.65. The number of hydrogen-bond acceptors (Lipinski definition) is 3. The maximum atomic E-state index is 10.7. The van der Waals surface area contributed by atoms with Crippen LogP contribution in [0.15, 0.2) is 35.2 Å². The predicted molar refractivity (Wildman–Crippen MR) is 55.9 cm³/mol. The summed E-state index contributed by atoms with van der Waals surface area (Å²) in [5, 5.41) is 0. The van der Waals surface area contributed by atoms with E-state index in [1.807, 2.05) is 25.1 Å². The van der Waals surface area contributed by atoms with Crippen LogP contribution in [0.5, 0.6) is 0 Å². The van der Waals surface area contributed by atoms with Crippen LogP contribution in [-0.4, -0.2) is 11.3 Å². The van der Waals surface area contributed by atoms with Crippen LogP contribution in [0.3, 0.4) is 0 Å². The van der Waals surface area contributed by atoms with Gasteiger partial charge in [-0.2, -0.15) is 0 Å². The van der Waals surface area contributed by atoms with Crippen LogP contribution in [-0.2, 0) is 6.42 Å². The maximum absolute atomic E-state index is 10.7. The van der Waals surface area contributed by atoms with E-state index in [1.54, 1.807) is 6.20 Å². The van der Waals surface area contributed by atoms with E-state index in [0.717, 1.165) is 23.2 Å². The first-order valence-electron chi connectivity index (χ1n) is 4.71. The van der Waals surface area contributed by atoms with Gasteiger partial charge in [-0.05, 0) is 24.6 Å². The van der Waals surface area contributed by atoms with E-state index in [-0.39, 0.29) is 0 Å². The second-order valence-electron chi connectivity index (χ2n) is 3.51. The van der Waals surface area contributed by atoms with Gasteiger partial charge >= 0.3 is 0 Å². The molecule has 0 atom stereocenters. The number of aromatic nitrogens is 1. The molecule has 0 unspecified atom stereocenters. The number of aldehydes is 1. The van der Waals surface area contributed by atoms with Crippen LogP contribution in [0.4, 0.5) is 0 Å². The van der Waals surface area contributed by atoms with Crippen LogP contribution in [0.1, 0.15) is 27.2 Å². The largest absolute Gasteiger partial charge is 0.448 e. The average Bonchev–Trinajstić information content (AvgIpc) is 2.69. The molecule has 0 saturated heterocycles. The zero-order chi connectivity index (χ0) is 10.7. The molecule has 0 aliphatic rings. The lowest BCUT2D eigenvalue weighted by molar-refractivity contribution is 0.112. The van der Waals surface area contributed by atoms with Gasteiger partial charge < -0.3 is 4.42 Å². The Morgan fingerprint density at radius 2 is 2.27 bits per heavy atom. The van der Waals surface area contributed by atoms with Crippen molar-refractivity contribution < 1.29 is 9.21 Å². The molecule has 0 radical (unpaired) electrons. The molecule has 1 heterocycles. The smallest absolute Gasteiger partial charge is 0.180 e. The Morgan fingerprint density at radius 3 is 2.93 bits per heavy atom. The summed E-state index contributed by atoms with van der Waals surface area (Å²) in [4.78, 5) is 14.5. The molecule has 0 fully saturated rings. The van der Waals surface area contributed by atoms with Gasteiger partial charge in [0.05, 0.1) is 6.20 Å². The molecular formula is C12H11NO2. The van der Waals surface area contributed by atoms with Gasteiger partial charge in [0.2, 0.25) is 0 Å². The van der Waals surface area contributed by atoms with Gasteiger partial charge in [-0.25, -0.2) is 4.98 Å². The monoisotopic (exact) mass is 201 g/mol. The van der Waals surface area contributed by atoms with E-state index in [4.69, 9.17) is 4.42 Å². The molecule has 0 saturated carbocycles. The molecule has 76 valence electrons. The van der Waals surface area contributed by atoms with Crippen LogP contribution < -0.4 is 0 Å². The molecule has 0 N–H and O–H groups in total. The van der Waals surface area contributed by atoms with E-state index in [9.17, 15) is 4.79 Å². The molecule has 0 aliphatic heterocycles. The van der Waals surface area contributed by atoms with Crippen LogP contribution in [0.25, 0.3) is 0 Å². The van der Waals surface area contributed by atoms with Crippen molar-refractivity contribution in [2.24, 2.45) is 0 Å². The number of aryl methyl sites for hydroxylation is 1. The van der Waals surface area contributed by atoms with Crippen LogP contribution >= 0.6 is 0 Å². The fraction of sp³-hybridized carbons (Fsp3) is 0.167. The quantitative estimate of drug-likeness (QED) is 0.716. The summed E-state index contributed by atoms with van der Waals surface area (Å²) in [5.41, 5.74) is 2.84. The highest BCUT2D eigenvalue weighted by molar-refractivity contribution is 5.75. The fourth-order valence-corrected chi connectivity index (χ4v) is 1.60. The number of carbonyl (C=O) groups is 1.